The molecule has 0 radical (unpaired) electrons. The van der Waals surface area contributed by atoms with Crippen LogP contribution in [0.1, 0.15) is 10.6 Å². The monoisotopic (exact) mass is 335 g/mol. The van der Waals surface area contributed by atoms with E-state index in [9.17, 15) is 0 Å². The lowest BCUT2D eigenvalue weighted by Gasteiger charge is -1.97. The topological polar surface area (TPSA) is 80.9 Å². The molecule has 0 fully saturated rings. The van der Waals surface area contributed by atoms with Gasteiger partial charge in [0.15, 0.2) is 0 Å². The molecule has 8 heteroatoms. The number of aromatic nitrogens is 5. The minimum atomic E-state index is 0.530. The zero-order valence-electron chi connectivity index (χ0n) is 12.6. The fourth-order valence-electron chi connectivity index (χ4n) is 2.23. The number of benzene rings is 2. The van der Waals surface area contributed by atoms with E-state index in [2.05, 4.69) is 31.0 Å². The lowest BCUT2D eigenvalue weighted by Crippen LogP contribution is -2.01. The summed E-state index contributed by atoms with van der Waals surface area (Å²) in [4.78, 5) is 0. The summed E-state index contributed by atoms with van der Waals surface area (Å²) in [6.45, 7) is 0.530. The summed E-state index contributed by atoms with van der Waals surface area (Å²) in [5.41, 5.74) is 5.76. The summed E-state index contributed by atoms with van der Waals surface area (Å²) < 4.78 is 1.81. The maximum absolute atomic E-state index is 4.17. The van der Waals surface area contributed by atoms with E-state index in [4.69, 9.17) is 0 Å². The summed E-state index contributed by atoms with van der Waals surface area (Å²) in [5, 5.41) is 22.2. The van der Waals surface area contributed by atoms with Crippen LogP contribution in [0.2, 0.25) is 0 Å². The Bertz CT molecular complexity index is 974. The van der Waals surface area contributed by atoms with Crippen LogP contribution in [0, 0.1) is 0 Å². The van der Waals surface area contributed by atoms with Crippen LogP contribution in [-0.2, 0) is 6.54 Å². The highest BCUT2D eigenvalue weighted by Crippen LogP contribution is 2.18. The van der Waals surface area contributed by atoms with Crippen LogP contribution in [-0.4, -0.2) is 31.4 Å². The Hall–Kier alpha value is -3.13. The van der Waals surface area contributed by atoms with Crippen molar-refractivity contribution in [1.82, 2.24) is 25.2 Å². The molecule has 2 aromatic carbocycles. The molecule has 0 saturated heterocycles. The van der Waals surface area contributed by atoms with Crippen LogP contribution >= 0.6 is 11.3 Å². The lowest BCUT2D eigenvalue weighted by molar-refractivity contribution is 0.662. The molecule has 1 N–H and O–H groups in total. The fourth-order valence-corrected chi connectivity index (χ4v) is 2.90. The second kappa shape index (κ2) is 6.55. The van der Waals surface area contributed by atoms with Gasteiger partial charge in [-0.2, -0.15) is 5.10 Å². The zero-order chi connectivity index (χ0) is 16.2. The first kappa shape index (κ1) is 14.5. The average Bonchev–Trinajstić information content (AvgIpc) is 3.24. The normalized spacial score (nSPS) is 11.3. The van der Waals surface area contributed by atoms with E-state index in [0.29, 0.717) is 11.7 Å². The molecule has 0 spiro atoms. The molecular weight excluding hydrogens is 322 g/mol. The minimum absolute atomic E-state index is 0.530. The number of hydrogen-bond donors (Lipinski definition) is 1. The number of nitrogens with one attached hydrogen (secondary N) is 1. The molecular formula is C16H13N7S. The lowest BCUT2D eigenvalue weighted by atomic mass is 10.2. The first-order valence-corrected chi connectivity index (χ1v) is 8.15. The van der Waals surface area contributed by atoms with Gasteiger partial charge >= 0.3 is 0 Å². The molecule has 4 rings (SSSR count). The molecule has 24 heavy (non-hydrogen) atoms. The van der Waals surface area contributed by atoms with Crippen LogP contribution in [0.25, 0.3) is 11.0 Å². The number of para-hydroxylation sites is 1. The Morgan fingerprint density at radius 1 is 1.00 bits per heavy atom. The van der Waals surface area contributed by atoms with Crippen molar-refractivity contribution < 1.29 is 0 Å². The van der Waals surface area contributed by atoms with Gasteiger partial charge in [-0.15, -0.1) is 15.3 Å². The molecule has 0 aliphatic heterocycles. The maximum atomic E-state index is 4.17. The van der Waals surface area contributed by atoms with Gasteiger partial charge in [0.05, 0.1) is 18.3 Å². The molecule has 0 aliphatic carbocycles. The third-order valence-corrected chi connectivity index (χ3v) is 4.16. The molecule has 2 aromatic heterocycles. The summed E-state index contributed by atoms with van der Waals surface area (Å²) >= 11 is 1.44. The van der Waals surface area contributed by atoms with Crippen molar-refractivity contribution in [3.05, 3.63) is 65.2 Å². The Kier molecular flexibility index (Phi) is 3.95. The van der Waals surface area contributed by atoms with Crippen molar-refractivity contribution in [1.29, 1.82) is 0 Å². The largest absolute Gasteiger partial charge is 0.251 e. The fraction of sp³-hybridized carbons (Fsp3) is 0.0625. The van der Waals surface area contributed by atoms with E-state index in [1.165, 1.54) is 11.3 Å². The van der Waals surface area contributed by atoms with Crippen molar-refractivity contribution in [2.75, 3.05) is 5.43 Å². The van der Waals surface area contributed by atoms with E-state index in [1.807, 2.05) is 59.3 Å². The zero-order valence-corrected chi connectivity index (χ0v) is 13.4. The molecule has 0 saturated carbocycles. The van der Waals surface area contributed by atoms with Crippen LogP contribution in [0.3, 0.4) is 0 Å². The predicted octanol–water partition coefficient (Wildman–Crippen LogP) is 2.78. The Morgan fingerprint density at radius 2 is 1.83 bits per heavy atom. The van der Waals surface area contributed by atoms with Gasteiger partial charge in [0.2, 0.25) is 5.13 Å². The number of fused-ring (bicyclic) bond motifs is 1. The van der Waals surface area contributed by atoms with Crippen molar-refractivity contribution in [3.63, 3.8) is 0 Å². The molecule has 0 unspecified atom stereocenters. The quantitative estimate of drug-likeness (QED) is 0.448. The third-order valence-electron chi connectivity index (χ3n) is 3.35. The molecule has 2 heterocycles. The summed E-state index contributed by atoms with van der Waals surface area (Å²) in [6, 6.07) is 17.7. The summed E-state index contributed by atoms with van der Waals surface area (Å²) in [5.74, 6) is 0. The van der Waals surface area contributed by atoms with Crippen molar-refractivity contribution in [2.24, 2.45) is 5.10 Å². The van der Waals surface area contributed by atoms with Crippen LogP contribution < -0.4 is 5.43 Å². The highest BCUT2D eigenvalue weighted by atomic mass is 32.1. The van der Waals surface area contributed by atoms with Crippen LogP contribution in [0.4, 0.5) is 5.13 Å². The minimum Gasteiger partial charge on any atom is -0.251 e. The summed E-state index contributed by atoms with van der Waals surface area (Å²) in [6.07, 6.45) is 1.74. The average molecular weight is 335 g/mol. The molecule has 0 atom stereocenters. The van der Waals surface area contributed by atoms with Crippen LogP contribution in [0.15, 0.2) is 59.7 Å². The van der Waals surface area contributed by atoms with E-state index < -0.39 is 0 Å². The summed E-state index contributed by atoms with van der Waals surface area (Å²) in [7, 11) is 0. The Morgan fingerprint density at radius 3 is 2.75 bits per heavy atom. The maximum Gasteiger partial charge on any atom is 0.226 e. The van der Waals surface area contributed by atoms with Crippen molar-refractivity contribution in [2.45, 2.75) is 6.54 Å². The SMILES string of the molecule is C(=N\Nc1nnc(Cn2nnc3ccccc32)s1)/c1ccccc1. The van der Waals surface area contributed by atoms with Crippen molar-refractivity contribution >= 4 is 33.7 Å². The number of hydrogen-bond acceptors (Lipinski definition) is 7. The third kappa shape index (κ3) is 3.13. The van der Waals surface area contributed by atoms with Gasteiger partial charge in [0, 0.05) is 0 Å². The van der Waals surface area contributed by atoms with E-state index in [-0.39, 0.29) is 0 Å². The van der Waals surface area contributed by atoms with Gasteiger partial charge < -0.3 is 0 Å². The second-order valence-electron chi connectivity index (χ2n) is 5.02. The first-order valence-electron chi connectivity index (χ1n) is 7.33. The highest BCUT2D eigenvalue weighted by Gasteiger charge is 2.08. The van der Waals surface area contributed by atoms with E-state index in [1.54, 1.807) is 6.21 Å². The molecule has 0 amide bonds. The molecule has 0 bridgehead atoms. The van der Waals surface area contributed by atoms with Gasteiger partial charge in [-0.25, -0.2) is 4.68 Å². The second-order valence-corrected chi connectivity index (χ2v) is 6.08. The predicted molar refractivity (Wildman–Crippen MR) is 94.2 cm³/mol. The van der Waals surface area contributed by atoms with Gasteiger partial charge in [-0.3, -0.25) is 5.43 Å². The van der Waals surface area contributed by atoms with Gasteiger partial charge in [-0.05, 0) is 17.7 Å². The molecule has 118 valence electrons. The number of anilines is 1. The first-order chi connectivity index (χ1) is 11.9. The standard InChI is InChI=1S/C16H13N7S/c1-2-6-12(7-3-1)10-17-20-16-21-19-15(24-16)11-23-14-9-5-4-8-13(14)18-22-23/h1-10H,11H2,(H,20,21)/b17-10+. The molecule has 0 aliphatic rings. The van der Waals surface area contributed by atoms with Gasteiger partial charge in [-0.1, -0.05) is 59.0 Å². The van der Waals surface area contributed by atoms with Gasteiger partial charge in [0.25, 0.3) is 0 Å². The van der Waals surface area contributed by atoms with Gasteiger partial charge in [0.1, 0.15) is 10.5 Å². The van der Waals surface area contributed by atoms with E-state index >= 15 is 0 Å². The number of nitrogens with zero attached hydrogens (tertiary/aromatic N) is 6. The number of rotatable bonds is 5. The van der Waals surface area contributed by atoms with E-state index in [0.717, 1.165) is 21.6 Å². The highest BCUT2D eigenvalue weighted by molar-refractivity contribution is 7.15. The molecule has 4 aromatic rings. The Balaban J connectivity index is 1.44. The number of hydrazone groups is 1. The van der Waals surface area contributed by atoms with Crippen molar-refractivity contribution in [3.8, 4) is 0 Å². The molecule has 7 nitrogen and oxygen atoms in total. The Labute approximate surface area is 141 Å². The smallest absolute Gasteiger partial charge is 0.226 e. The van der Waals surface area contributed by atoms with Crippen LogP contribution in [0.5, 0.6) is 0 Å².